The Hall–Kier alpha value is -1.27. The van der Waals surface area contributed by atoms with E-state index < -0.39 is 0 Å². The van der Waals surface area contributed by atoms with Crippen LogP contribution >= 0.6 is 15.9 Å². The van der Waals surface area contributed by atoms with Gasteiger partial charge in [-0.05, 0) is 12.1 Å². The predicted molar refractivity (Wildman–Crippen MR) is 61.4 cm³/mol. The number of H-pyrrole nitrogens is 1. The van der Waals surface area contributed by atoms with Crippen molar-refractivity contribution in [3.8, 4) is 11.8 Å². The van der Waals surface area contributed by atoms with Gasteiger partial charge in [0, 0.05) is 22.7 Å². The number of aromatic nitrogens is 2. The van der Waals surface area contributed by atoms with Crippen LogP contribution in [0.2, 0.25) is 0 Å². The molecule has 2 rings (SSSR count). The third-order valence-corrected chi connectivity index (χ3v) is 2.32. The molecule has 0 radical (unpaired) electrons. The zero-order valence-corrected chi connectivity index (χ0v) is 9.13. The molecule has 70 valence electrons. The van der Waals surface area contributed by atoms with Crippen molar-refractivity contribution in [3.05, 3.63) is 30.0 Å². The Bertz CT molecular complexity index is 490. The SMILES string of the molecule is BrCCC#Cc1cccc2[nH]ncc12. The van der Waals surface area contributed by atoms with Crippen LogP contribution in [-0.2, 0) is 0 Å². The van der Waals surface area contributed by atoms with Gasteiger partial charge in [-0.3, -0.25) is 5.10 Å². The molecule has 0 aliphatic heterocycles. The van der Waals surface area contributed by atoms with Gasteiger partial charge in [0.25, 0.3) is 0 Å². The first-order chi connectivity index (χ1) is 6.92. The number of alkyl halides is 1. The van der Waals surface area contributed by atoms with Crippen LogP contribution in [0.15, 0.2) is 24.4 Å². The summed E-state index contributed by atoms with van der Waals surface area (Å²) in [5.41, 5.74) is 2.08. The van der Waals surface area contributed by atoms with E-state index in [2.05, 4.69) is 38.0 Å². The summed E-state index contributed by atoms with van der Waals surface area (Å²) in [5.74, 6) is 6.23. The van der Waals surface area contributed by atoms with Crippen LogP contribution in [0.25, 0.3) is 10.9 Å². The molecule has 0 aliphatic carbocycles. The molecular weight excluding hydrogens is 240 g/mol. The average molecular weight is 249 g/mol. The van der Waals surface area contributed by atoms with Crippen molar-refractivity contribution in [2.24, 2.45) is 0 Å². The molecule has 0 bridgehead atoms. The van der Waals surface area contributed by atoms with E-state index in [1.165, 1.54) is 0 Å². The second kappa shape index (κ2) is 4.30. The minimum Gasteiger partial charge on any atom is -0.278 e. The van der Waals surface area contributed by atoms with E-state index >= 15 is 0 Å². The van der Waals surface area contributed by atoms with Crippen LogP contribution in [-0.4, -0.2) is 15.5 Å². The van der Waals surface area contributed by atoms with E-state index in [4.69, 9.17) is 0 Å². The molecule has 0 amide bonds. The quantitative estimate of drug-likeness (QED) is 0.611. The molecule has 2 aromatic rings. The minimum absolute atomic E-state index is 0.869. The van der Waals surface area contributed by atoms with Crippen LogP contribution in [0, 0.1) is 11.8 Å². The minimum atomic E-state index is 0.869. The fraction of sp³-hybridized carbons (Fsp3) is 0.182. The van der Waals surface area contributed by atoms with Gasteiger partial charge in [-0.2, -0.15) is 5.10 Å². The number of hydrogen-bond donors (Lipinski definition) is 1. The van der Waals surface area contributed by atoms with E-state index in [0.29, 0.717) is 0 Å². The highest BCUT2D eigenvalue weighted by Gasteiger charge is 1.98. The summed E-state index contributed by atoms with van der Waals surface area (Å²) in [6.45, 7) is 0. The van der Waals surface area contributed by atoms with Gasteiger partial charge in [0.05, 0.1) is 11.7 Å². The standard InChI is InChI=1S/C11H9BrN2/c12-7-2-1-4-9-5-3-6-11-10(9)8-13-14-11/h3,5-6,8H,2,7H2,(H,13,14). The Morgan fingerprint density at radius 1 is 1.43 bits per heavy atom. The molecule has 0 fully saturated rings. The molecule has 2 nitrogen and oxygen atoms in total. The van der Waals surface area contributed by atoms with Crippen LogP contribution in [0.1, 0.15) is 12.0 Å². The van der Waals surface area contributed by atoms with Crippen LogP contribution in [0.5, 0.6) is 0 Å². The van der Waals surface area contributed by atoms with Gasteiger partial charge in [0.2, 0.25) is 0 Å². The van der Waals surface area contributed by atoms with Crippen LogP contribution in [0.4, 0.5) is 0 Å². The van der Waals surface area contributed by atoms with Crippen molar-refractivity contribution in [1.29, 1.82) is 0 Å². The summed E-state index contributed by atoms with van der Waals surface area (Å²) in [7, 11) is 0. The Balaban J connectivity index is 2.43. The zero-order chi connectivity index (χ0) is 9.80. The van der Waals surface area contributed by atoms with E-state index in [0.717, 1.165) is 28.2 Å². The molecule has 0 aliphatic rings. The lowest BCUT2D eigenvalue weighted by molar-refractivity contribution is 1.12. The number of hydrogen-bond acceptors (Lipinski definition) is 1. The number of aromatic amines is 1. The molecule has 1 N–H and O–H groups in total. The fourth-order valence-corrected chi connectivity index (χ4v) is 1.48. The summed E-state index contributed by atoms with van der Waals surface area (Å²) >= 11 is 3.34. The zero-order valence-electron chi connectivity index (χ0n) is 7.55. The predicted octanol–water partition coefficient (Wildman–Crippen LogP) is 2.70. The number of rotatable bonds is 1. The summed E-state index contributed by atoms with van der Waals surface area (Å²) < 4.78 is 0. The molecule has 1 aromatic carbocycles. The molecule has 3 heteroatoms. The number of nitrogens with zero attached hydrogens (tertiary/aromatic N) is 1. The van der Waals surface area contributed by atoms with Gasteiger partial charge in [-0.1, -0.05) is 33.8 Å². The fourth-order valence-electron chi connectivity index (χ4n) is 1.28. The van der Waals surface area contributed by atoms with Crippen molar-refractivity contribution >= 4 is 26.8 Å². The average Bonchev–Trinajstić information content (AvgIpc) is 2.67. The molecule has 1 aromatic heterocycles. The topological polar surface area (TPSA) is 28.7 Å². The summed E-state index contributed by atoms with van der Waals surface area (Å²) in [6, 6.07) is 6.00. The Kier molecular flexibility index (Phi) is 2.85. The Morgan fingerprint density at radius 2 is 2.36 bits per heavy atom. The van der Waals surface area contributed by atoms with Crippen molar-refractivity contribution in [2.45, 2.75) is 6.42 Å². The molecule has 0 saturated carbocycles. The first-order valence-electron chi connectivity index (χ1n) is 4.39. The monoisotopic (exact) mass is 248 g/mol. The molecule has 0 saturated heterocycles. The highest BCUT2D eigenvalue weighted by molar-refractivity contribution is 9.09. The second-order valence-corrected chi connectivity index (χ2v) is 3.67. The summed E-state index contributed by atoms with van der Waals surface area (Å²) in [4.78, 5) is 0. The molecule has 0 atom stereocenters. The lowest BCUT2D eigenvalue weighted by atomic mass is 10.1. The maximum Gasteiger partial charge on any atom is 0.0662 e. The highest BCUT2D eigenvalue weighted by Crippen LogP contribution is 2.14. The smallest absolute Gasteiger partial charge is 0.0662 e. The van der Waals surface area contributed by atoms with Crippen molar-refractivity contribution in [2.75, 3.05) is 5.33 Å². The van der Waals surface area contributed by atoms with Gasteiger partial charge < -0.3 is 0 Å². The first-order valence-corrected chi connectivity index (χ1v) is 5.51. The third-order valence-electron chi connectivity index (χ3n) is 1.93. The molecule has 0 spiro atoms. The Labute approximate surface area is 90.8 Å². The maximum atomic E-state index is 3.99. The van der Waals surface area contributed by atoms with Crippen LogP contribution < -0.4 is 0 Å². The van der Waals surface area contributed by atoms with Gasteiger partial charge in [-0.15, -0.1) is 0 Å². The van der Waals surface area contributed by atoms with Gasteiger partial charge in [0.15, 0.2) is 0 Å². The summed E-state index contributed by atoms with van der Waals surface area (Å²) in [5, 5.41) is 8.92. The van der Waals surface area contributed by atoms with E-state index in [1.54, 1.807) is 0 Å². The first kappa shape index (κ1) is 9.29. The highest BCUT2D eigenvalue weighted by atomic mass is 79.9. The lowest BCUT2D eigenvalue weighted by Gasteiger charge is -1.91. The number of nitrogens with one attached hydrogen (secondary N) is 1. The molecule has 1 heterocycles. The van der Waals surface area contributed by atoms with Crippen LogP contribution in [0.3, 0.4) is 0 Å². The molecular formula is C11H9BrN2. The molecule has 14 heavy (non-hydrogen) atoms. The lowest BCUT2D eigenvalue weighted by Crippen LogP contribution is -1.76. The van der Waals surface area contributed by atoms with E-state index in [-0.39, 0.29) is 0 Å². The second-order valence-electron chi connectivity index (χ2n) is 2.88. The van der Waals surface area contributed by atoms with Gasteiger partial charge >= 0.3 is 0 Å². The molecule has 0 unspecified atom stereocenters. The van der Waals surface area contributed by atoms with Crippen molar-refractivity contribution in [1.82, 2.24) is 10.2 Å². The van der Waals surface area contributed by atoms with Gasteiger partial charge in [0.1, 0.15) is 0 Å². The maximum absolute atomic E-state index is 3.99. The van der Waals surface area contributed by atoms with Crippen molar-refractivity contribution < 1.29 is 0 Å². The Morgan fingerprint density at radius 3 is 3.21 bits per heavy atom. The van der Waals surface area contributed by atoms with E-state index in [9.17, 15) is 0 Å². The summed E-state index contributed by atoms with van der Waals surface area (Å²) in [6.07, 6.45) is 2.68. The number of benzene rings is 1. The van der Waals surface area contributed by atoms with Crippen molar-refractivity contribution in [3.63, 3.8) is 0 Å². The number of halogens is 1. The normalized spacial score (nSPS) is 9.79. The number of fused-ring (bicyclic) bond motifs is 1. The third kappa shape index (κ3) is 1.80. The van der Waals surface area contributed by atoms with Gasteiger partial charge in [-0.25, -0.2) is 0 Å². The largest absolute Gasteiger partial charge is 0.278 e. The van der Waals surface area contributed by atoms with E-state index in [1.807, 2.05) is 24.4 Å².